The van der Waals surface area contributed by atoms with E-state index in [1.165, 1.54) is 0 Å². The van der Waals surface area contributed by atoms with E-state index in [1.807, 2.05) is 60.8 Å². The normalized spacial score (nSPS) is 14.0. The molecule has 0 aromatic rings. The summed E-state index contributed by atoms with van der Waals surface area (Å²) in [6.07, 6.45) is 47.1. The maximum absolute atomic E-state index is 12.7. The Morgan fingerprint density at radius 1 is 0.556 bits per heavy atom. The first-order valence-corrected chi connectivity index (χ1v) is 20.4. The highest BCUT2D eigenvalue weighted by Gasteiger charge is 2.25. The summed E-state index contributed by atoms with van der Waals surface area (Å²) in [7, 11) is 5.37. The van der Waals surface area contributed by atoms with Crippen molar-refractivity contribution in [2.75, 3.05) is 41.0 Å². The van der Waals surface area contributed by atoms with Crippen molar-refractivity contribution in [3.63, 3.8) is 0 Å². The zero-order valence-electron chi connectivity index (χ0n) is 34.3. The number of hydrogen-bond donors (Lipinski definition) is 0. The molecule has 0 fully saturated rings. The minimum Gasteiger partial charge on any atom is -0.544 e. The number of rotatable bonds is 34. The molecule has 0 saturated heterocycles. The molecule has 0 spiro atoms. The molecule has 0 aliphatic heterocycles. The maximum atomic E-state index is 12.7. The molecule has 0 radical (unpaired) electrons. The maximum Gasteiger partial charge on any atom is 0.306 e. The third-order valence-corrected chi connectivity index (χ3v) is 8.41. The molecule has 54 heavy (non-hydrogen) atoms. The predicted molar refractivity (Wildman–Crippen MR) is 221 cm³/mol. The molecule has 2 unspecified atom stereocenters. The molecule has 8 heteroatoms. The van der Waals surface area contributed by atoms with Gasteiger partial charge in [-0.15, -0.1) is 0 Å². The largest absolute Gasteiger partial charge is 0.544 e. The quantitative estimate of drug-likeness (QED) is 0.0280. The lowest BCUT2D eigenvalue weighted by atomic mass is 10.1. The Morgan fingerprint density at radius 2 is 0.981 bits per heavy atom. The van der Waals surface area contributed by atoms with Gasteiger partial charge in [0.15, 0.2) is 6.10 Å². The number of carbonyl (C=O) groups is 3. The number of aliphatic carboxylic acids is 1. The Kier molecular flexibility index (Phi) is 33.7. The highest BCUT2D eigenvalue weighted by atomic mass is 16.6. The topological polar surface area (TPSA) is 102 Å². The molecule has 0 heterocycles. The van der Waals surface area contributed by atoms with Gasteiger partial charge in [-0.3, -0.25) is 9.59 Å². The van der Waals surface area contributed by atoms with Crippen molar-refractivity contribution in [1.82, 2.24) is 0 Å². The fourth-order valence-electron chi connectivity index (χ4n) is 5.27. The number of quaternary nitrogens is 1. The zero-order valence-corrected chi connectivity index (χ0v) is 34.3. The Morgan fingerprint density at radius 3 is 1.44 bits per heavy atom. The van der Waals surface area contributed by atoms with E-state index in [1.54, 1.807) is 21.1 Å². The number of nitrogens with zero attached hydrogens (tertiary/aromatic N) is 1. The summed E-state index contributed by atoms with van der Waals surface area (Å²) in [5.74, 6) is -1.82. The van der Waals surface area contributed by atoms with Crippen molar-refractivity contribution < 1.29 is 38.2 Å². The van der Waals surface area contributed by atoms with Gasteiger partial charge >= 0.3 is 11.9 Å². The van der Waals surface area contributed by atoms with Crippen LogP contribution in [0.1, 0.15) is 123 Å². The van der Waals surface area contributed by atoms with Crippen molar-refractivity contribution in [2.24, 2.45) is 0 Å². The first kappa shape index (κ1) is 50.2. The number of carbonyl (C=O) groups excluding carboxylic acids is 3. The van der Waals surface area contributed by atoms with Crippen LogP contribution in [0, 0.1) is 0 Å². The Balaban J connectivity index is 4.50. The molecule has 8 nitrogen and oxygen atoms in total. The molecule has 0 aliphatic rings. The van der Waals surface area contributed by atoms with Crippen molar-refractivity contribution in [3.05, 3.63) is 97.2 Å². The summed E-state index contributed by atoms with van der Waals surface area (Å²) < 4.78 is 17.1. The number of unbranched alkanes of at least 4 members (excludes halogenated alkanes) is 10. The minimum absolute atomic E-state index is 0.0159. The molecule has 0 bridgehead atoms. The lowest BCUT2D eigenvalue weighted by molar-refractivity contribution is -0.889. The SMILES string of the molecule is CC/C=C/C=C/C=C/C=C/CCCCCCCC(=O)OCC(COCCC(C(=O)[O-])[N+](C)(C)C)OC(=O)CCCCCCC/C=C/C=C/C=C/C=C/CC. The average molecular weight is 752 g/mol. The van der Waals surface area contributed by atoms with Gasteiger partial charge in [-0.05, 0) is 51.4 Å². The van der Waals surface area contributed by atoms with Crippen LogP contribution in [-0.4, -0.2) is 75.5 Å². The van der Waals surface area contributed by atoms with Crippen molar-refractivity contribution in [1.29, 1.82) is 0 Å². The highest BCUT2D eigenvalue weighted by Crippen LogP contribution is 2.12. The number of ether oxygens (including phenoxy) is 3. The standard InChI is InChI=1S/C46H73NO7/c1-6-8-10-12-14-16-18-20-22-24-26-28-30-32-34-36-44(48)53-41-42(40-52-39-38-43(46(50)51)47(3,4)5)54-45(49)37-35-33-31-29-27-25-23-21-19-17-15-13-11-9-7-2/h8-23,42-43H,6-7,24-41H2,1-5H3/b10-8+,11-9+,14-12+,15-13+,18-16+,19-17+,22-20+,23-21+. The van der Waals surface area contributed by atoms with Gasteiger partial charge in [-0.2, -0.15) is 0 Å². The van der Waals surface area contributed by atoms with E-state index < -0.39 is 18.1 Å². The smallest absolute Gasteiger partial charge is 0.306 e. The Bertz CT molecular complexity index is 1200. The van der Waals surface area contributed by atoms with Gasteiger partial charge in [0.2, 0.25) is 0 Å². The summed E-state index contributed by atoms with van der Waals surface area (Å²) in [4.78, 5) is 36.8. The second-order valence-corrected chi connectivity index (χ2v) is 14.3. The van der Waals surface area contributed by atoms with Crippen molar-refractivity contribution in [2.45, 2.75) is 135 Å². The van der Waals surface area contributed by atoms with Gasteiger partial charge < -0.3 is 28.6 Å². The molecule has 0 saturated carbocycles. The van der Waals surface area contributed by atoms with E-state index in [2.05, 4.69) is 50.3 Å². The van der Waals surface area contributed by atoms with E-state index in [0.717, 1.165) is 89.9 Å². The summed E-state index contributed by atoms with van der Waals surface area (Å²) >= 11 is 0. The van der Waals surface area contributed by atoms with E-state index in [4.69, 9.17) is 14.2 Å². The van der Waals surface area contributed by atoms with Gasteiger partial charge in [-0.25, -0.2) is 0 Å². The van der Waals surface area contributed by atoms with Gasteiger partial charge in [0, 0.05) is 19.3 Å². The van der Waals surface area contributed by atoms with Gasteiger partial charge in [0.25, 0.3) is 0 Å². The third-order valence-electron chi connectivity index (χ3n) is 8.41. The highest BCUT2D eigenvalue weighted by molar-refractivity contribution is 5.70. The van der Waals surface area contributed by atoms with Crippen LogP contribution in [0.2, 0.25) is 0 Å². The fourth-order valence-corrected chi connectivity index (χ4v) is 5.27. The number of carboxylic acid groups (broad SMARTS) is 1. The van der Waals surface area contributed by atoms with Gasteiger partial charge in [0.05, 0.1) is 40.3 Å². The molecule has 0 aromatic heterocycles. The molecule has 0 amide bonds. The zero-order chi connectivity index (χ0) is 40.0. The predicted octanol–water partition coefficient (Wildman–Crippen LogP) is 9.40. The van der Waals surface area contributed by atoms with Crippen LogP contribution in [0.15, 0.2) is 97.2 Å². The summed E-state index contributed by atoms with van der Waals surface area (Å²) in [6, 6.07) is -0.740. The van der Waals surface area contributed by atoms with Crippen molar-refractivity contribution in [3.8, 4) is 0 Å². The van der Waals surface area contributed by atoms with Crippen LogP contribution in [-0.2, 0) is 28.6 Å². The number of carboxylic acids is 1. The van der Waals surface area contributed by atoms with Crippen LogP contribution < -0.4 is 5.11 Å². The van der Waals surface area contributed by atoms with E-state index in [9.17, 15) is 19.5 Å². The van der Waals surface area contributed by atoms with E-state index in [-0.39, 0.29) is 49.1 Å². The van der Waals surface area contributed by atoms with Gasteiger partial charge in [0.1, 0.15) is 12.6 Å². The second kappa shape index (κ2) is 36.2. The minimum atomic E-state index is -1.14. The third kappa shape index (κ3) is 34.0. The summed E-state index contributed by atoms with van der Waals surface area (Å²) in [5.41, 5.74) is 0. The molecular weight excluding hydrogens is 679 g/mol. The summed E-state index contributed by atoms with van der Waals surface area (Å²) in [5, 5.41) is 11.6. The van der Waals surface area contributed by atoms with Crippen molar-refractivity contribution >= 4 is 17.9 Å². The molecule has 0 aromatic carbocycles. The number of likely N-dealkylation sites (N-methyl/N-ethyl adjacent to an activating group) is 1. The molecule has 0 aliphatic carbocycles. The molecule has 0 rings (SSSR count). The van der Waals surface area contributed by atoms with Crippen LogP contribution >= 0.6 is 0 Å². The molecule has 2 atom stereocenters. The molecule has 0 N–H and O–H groups in total. The monoisotopic (exact) mass is 752 g/mol. The number of hydrogen-bond acceptors (Lipinski definition) is 7. The van der Waals surface area contributed by atoms with E-state index >= 15 is 0 Å². The Labute approximate surface area is 328 Å². The fraction of sp³-hybridized carbons (Fsp3) is 0.587. The van der Waals surface area contributed by atoms with Crippen LogP contribution in [0.4, 0.5) is 0 Å². The van der Waals surface area contributed by atoms with Gasteiger partial charge in [-0.1, -0.05) is 150 Å². The lowest BCUT2D eigenvalue weighted by Crippen LogP contribution is -2.55. The molecular formula is C46H73NO7. The van der Waals surface area contributed by atoms with Crippen LogP contribution in [0.3, 0.4) is 0 Å². The average Bonchev–Trinajstić information content (AvgIpc) is 3.12. The van der Waals surface area contributed by atoms with Crippen LogP contribution in [0.5, 0.6) is 0 Å². The van der Waals surface area contributed by atoms with E-state index in [0.29, 0.717) is 6.42 Å². The summed E-state index contributed by atoms with van der Waals surface area (Å²) in [6.45, 7) is 4.30. The second-order valence-electron chi connectivity index (χ2n) is 14.3. The first-order chi connectivity index (χ1) is 26.1. The number of esters is 2. The Hall–Kier alpha value is -3.75. The lowest BCUT2D eigenvalue weighted by Gasteiger charge is -2.34. The molecule has 304 valence electrons. The first-order valence-electron chi connectivity index (χ1n) is 20.4. The van der Waals surface area contributed by atoms with Crippen LogP contribution in [0.25, 0.3) is 0 Å². The number of allylic oxidation sites excluding steroid dienone is 16.